The summed E-state index contributed by atoms with van der Waals surface area (Å²) < 4.78 is 35.4. The molecule has 15 heavy (non-hydrogen) atoms. The molecule has 0 aliphatic heterocycles. The predicted octanol–water partition coefficient (Wildman–Crippen LogP) is 2.96. The van der Waals surface area contributed by atoms with Crippen molar-refractivity contribution in [2.75, 3.05) is 0 Å². The monoisotopic (exact) mass is 218 g/mol. The van der Waals surface area contributed by atoms with Crippen LogP contribution in [0.5, 0.6) is 0 Å². The quantitative estimate of drug-likeness (QED) is 0.736. The molecule has 0 aliphatic rings. The molecule has 0 aliphatic carbocycles. The minimum Gasteiger partial charge on any atom is -0.478 e. The minimum atomic E-state index is -4.21. The molecule has 1 N–H and O–H groups in total. The van der Waals surface area contributed by atoms with Gasteiger partial charge in [0.25, 0.3) is 0 Å². The van der Waals surface area contributed by atoms with E-state index in [0.717, 1.165) is 18.2 Å². The third kappa shape index (κ3) is 6.31. The minimum absolute atomic E-state index is 0.602. The lowest BCUT2D eigenvalue weighted by molar-refractivity contribution is -0.137. The molecule has 1 rings (SSSR count). The third-order valence-electron chi connectivity index (χ3n) is 1.28. The number of benzene rings is 1. The highest BCUT2D eigenvalue weighted by Gasteiger charge is 2.29. The molecule has 1 aromatic rings. The Morgan fingerprint density at radius 2 is 1.67 bits per heavy atom. The molecule has 0 fully saturated rings. The first-order valence-electron chi connectivity index (χ1n) is 3.85. The van der Waals surface area contributed by atoms with E-state index in [0.29, 0.717) is 0 Å². The number of halogens is 3. The zero-order valence-electron chi connectivity index (χ0n) is 7.66. The van der Waals surface area contributed by atoms with Gasteiger partial charge in [-0.15, -0.1) is 0 Å². The summed E-state index contributed by atoms with van der Waals surface area (Å²) in [4.78, 5) is 9.25. The number of alkyl halides is 3. The lowest BCUT2D eigenvalue weighted by Crippen LogP contribution is -2.03. The standard InChI is InChI=1S/C7H5F3.C3H4O2/c8-7(9,10)6-4-2-1-3-5-6;1-2-3(4)5/h1-5H;2H,1H2,(H,4,5). The van der Waals surface area contributed by atoms with Crippen molar-refractivity contribution in [2.45, 2.75) is 6.18 Å². The summed E-state index contributed by atoms with van der Waals surface area (Å²) in [7, 11) is 0. The number of aliphatic carboxylic acids is 1. The first-order valence-corrected chi connectivity index (χ1v) is 3.85. The molecule has 2 nitrogen and oxygen atoms in total. The molecule has 0 bridgehead atoms. The maximum atomic E-state index is 11.8. The molecule has 0 amide bonds. The Hall–Kier alpha value is -1.78. The van der Waals surface area contributed by atoms with Crippen LogP contribution in [-0.2, 0) is 11.0 Å². The second-order valence-electron chi connectivity index (χ2n) is 2.41. The van der Waals surface area contributed by atoms with E-state index < -0.39 is 17.7 Å². The van der Waals surface area contributed by atoms with Gasteiger partial charge in [-0.25, -0.2) is 4.79 Å². The second kappa shape index (κ2) is 5.85. The molecule has 0 aromatic heterocycles. The molecule has 0 saturated carbocycles. The number of hydrogen-bond donors (Lipinski definition) is 1. The second-order valence-corrected chi connectivity index (χ2v) is 2.41. The molecule has 0 atom stereocenters. The van der Waals surface area contributed by atoms with Crippen LogP contribution in [0, 0.1) is 0 Å². The van der Waals surface area contributed by atoms with Crippen LogP contribution >= 0.6 is 0 Å². The maximum absolute atomic E-state index is 11.8. The normalized spacial score (nSPS) is 9.80. The van der Waals surface area contributed by atoms with E-state index in [2.05, 4.69) is 6.58 Å². The molecule has 82 valence electrons. The van der Waals surface area contributed by atoms with Gasteiger partial charge in [0.15, 0.2) is 0 Å². The molecular formula is C10H9F3O2. The molecular weight excluding hydrogens is 209 g/mol. The Morgan fingerprint density at radius 1 is 1.27 bits per heavy atom. The smallest absolute Gasteiger partial charge is 0.416 e. The van der Waals surface area contributed by atoms with E-state index in [1.807, 2.05) is 0 Å². The SMILES string of the molecule is C=CC(=O)O.FC(F)(F)c1ccccc1. The van der Waals surface area contributed by atoms with E-state index in [4.69, 9.17) is 5.11 Å². The van der Waals surface area contributed by atoms with Crippen molar-refractivity contribution < 1.29 is 23.1 Å². The first kappa shape index (κ1) is 13.2. The molecule has 0 unspecified atom stereocenters. The van der Waals surface area contributed by atoms with Gasteiger partial charge in [-0.2, -0.15) is 13.2 Å². The highest BCUT2D eigenvalue weighted by Crippen LogP contribution is 2.28. The van der Waals surface area contributed by atoms with E-state index in [9.17, 15) is 18.0 Å². The lowest BCUT2D eigenvalue weighted by atomic mass is 10.2. The van der Waals surface area contributed by atoms with E-state index in [1.165, 1.54) is 12.1 Å². The van der Waals surface area contributed by atoms with Gasteiger partial charge in [-0.1, -0.05) is 36.9 Å². The van der Waals surface area contributed by atoms with Crippen molar-refractivity contribution >= 4 is 5.97 Å². The van der Waals surface area contributed by atoms with Gasteiger partial charge < -0.3 is 5.11 Å². The van der Waals surface area contributed by atoms with Crippen LogP contribution in [0.1, 0.15) is 5.56 Å². The number of carboxylic acids is 1. The average Bonchev–Trinajstić information content (AvgIpc) is 2.19. The Kier molecular flexibility index (Phi) is 5.15. The highest BCUT2D eigenvalue weighted by molar-refractivity contribution is 5.78. The number of carboxylic acid groups (broad SMARTS) is 1. The summed E-state index contributed by atoms with van der Waals surface area (Å²) in [5, 5.41) is 7.60. The van der Waals surface area contributed by atoms with Gasteiger partial charge in [-0.3, -0.25) is 0 Å². The maximum Gasteiger partial charge on any atom is 0.416 e. The van der Waals surface area contributed by atoms with Crippen molar-refractivity contribution in [2.24, 2.45) is 0 Å². The summed E-state index contributed by atoms with van der Waals surface area (Å²) in [6, 6.07) is 6.36. The molecule has 0 radical (unpaired) electrons. The van der Waals surface area contributed by atoms with E-state index in [-0.39, 0.29) is 0 Å². The predicted molar refractivity (Wildman–Crippen MR) is 49.3 cm³/mol. The Morgan fingerprint density at radius 3 is 1.87 bits per heavy atom. The number of hydrogen-bond acceptors (Lipinski definition) is 1. The topological polar surface area (TPSA) is 37.3 Å². The number of rotatable bonds is 1. The van der Waals surface area contributed by atoms with Crippen molar-refractivity contribution in [1.82, 2.24) is 0 Å². The summed E-state index contributed by atoms with van der Waals surface area (Å²) in [6.45, 7) is 2.96. The fourth-order valence-electron chi connectivity index (χ4n) is 0.627. The van der Waals surface area contributed by atoms with Gasteiger partial charge in [0.05, 0.1) is 5.56 Å². The summed E-state index contributed by atoms with van der Waals surface area (Å²) in [5.74, 6) is -0.981. The van der Waals surface area contributed by atoms with Gasteiger partial charge in [0.2, 0.25) is 0 Å². The largest absolute Gasteiger partial charge is 0.478 e. The van der Waals surface area contributed by atoms with Crippen LogP contribution in [0.25, 0.3) is 0 Å². The van der Waals surface area contributed by atoms with Gasteiger partial charge in [-0.05, 0) is 0 Å². The van der Waals surface area contributed by atoms with Crippen LogP contribution < -0.4 is 0 Å². The van der Waals surface area contributed by atoms with Crippen LogP contribution in [0.2, 0.25) is 0 Å². The first-order chi connectivity index (χ1) is 6.88. The van der Waals surface area contributed by atoms with Gasteiger partial charge in [0.1, 0.15) is 0 Å². The summed E-state index contributed by atoms with van der Waals surface area (Å²) in [6.07, 6.45) is -3.37. The highest BCUT2D eigenvalue weighted by atomic mass is 19.4. The fraction of sp³-hybridized carbons (Fsp3) is 0.100. The van der Waals surface area contributed by atoms with Crippen LogP contribution in [0.15, 0.2) is 43.0 Å². The van der Waals surface area contributed by atoms with Crippen molar-refractivity contribution in [3.63, 3.8) is 0 Å². The third-order valence-corrected chi connectivity index (χ3v) is 1.28. The Bertz CT molecular complexity index is 317. The zero-order valence-corrected chi connectivity index (χ0v) is 7.66. The molecule has 5 heteroatoms. The van der Waals surface area contributed by atoms with Crippen LogP contribution in [-0.4, -0.2) is 11.1 Å². The lowest BCUT2D eigenvalue weighted by Gasteiger charge is -2.03. The Labute approximate surface area is 84.7 Å². The van der Waals surface area contributed by atoms with Crippen LogP contribution in [0.4, 0.5) is 13.2 Å². The zero-order chi connectivity index (χ0) is 11.9. The van der Waals surface area contributed by atoms with Crippen molar-refractivity contribution in [1.29, 1.82) is 0 Å². The fourth-order valence-corrected chi connectivity index (χ4v) is 0.627. The summed E-state index contributed by atoms with van der Waals surface area (Å²) in [5.41, 5.74) is -0.602. The molecule has 0 heterocycles. The van der Waals surface area contributed by atoms with Crippen LogP contribution in [0.3, 0.4) is 0 Å². The van der Waals surface area contributed by atoms with E-state index in [1.54, 1.807) is 6.07 Å². The Balaban J connectivity index is 0.000000336. The van der Waals surface area contributed by atoms with Crippen molar-refractivity contribution in [3.05, 3.63) is 48.6 Å². The summed E-state index contributed by atoms with van der Waals surface area (Å²) >= 11 is 0. The van der Waals surface area contributed by atoms with Gasteiger partial charge in [0, 0.05) is 6.08 Å². The number of carbonyl (C=O) groups is 1. The molecule has 0 saturated heterocycles. The average molecular weight is 218 g/mol. The van der Waals surface area contributed by atoms with Crippen molar-refractivity contribution in [3.8, 4) is 0 Å². The molecule has 1 aromatic carbocycles. The van der Waals surface area contributed by atoms with Gasteiger partial charge >= 0.3 is 12.1 Å². The molecule has 0 spiro atoms. The van der Waals surface area contributed by atoms with E-state index >= 15 is 0 Å².